The van der Waals surface area contributed by atoms with Crippen LogP contribution in [0.5, 0.6) is 0 Å². The van der Waals surface area contributed by atoms with E-state index < -0.39 is 0 Å². The molecule has 4 heteroatoms. The second kappa shape index (κ2) is 5.78. The van der Waals surface area contributed by atoms with Crippen molar-refractivity contribution in [3.8, 4) is 0 Å². The fourth-order valence-electron chi connectivity index (χ4n) is 1.58. The number of rotatable bonds is 5. The van der Waals surface area contributed by atoms with E-state index in [0.717, 1.165) is 19.3 Å². The van der Waals surface area contributed by atoms with Crippen molar-refractivity contribution >= 4 is 5.91 Å². The molecule has 1 rings (SSSR count). The van der Waals surface area contributed by atoms with Gasteiger partial charge >= 0.3 is 0 Å². The molecule has 3 N–H and O–H groups in total. The largest absolute Gasteiger partial charge is 0.367 e. The molecule has 0 saturated heterocycles. The second-order valence-electron chi connectivity index (χ2n) is 3.54. The lowest BCUT2D eigenvalue weighted by Gasteiger charge is -2.15. The Kier molecular flexibility index (Phi) is 4.62. The normalized spacial score (nSPS) is 26.1. The topological polar surface area (TPSA) is 64.3 Å². The molecule has 1 amide bonds. The fraction of sp³-hybridized carbons (Fsp3) is 0.700. The Bertz CT molecular complexity index is 206. The molecule has 0 heterocycles. The van der Waals surface area contributed by atoms with Crippen molar-refractivity contribution in [2.24, 2.45) is 5.73 Å². The third-order valence-electron chi connectivity index (χ3n) is 2.38. The van der Waals surface area contributed by atoms with Crippen LogP contribution in [-0.4, -0.2) is 31.2 Å². The van der Waals surface area contributed by atoms with Gasteiger partial charge in [0.2, 0.25) is 5.91 Å². The Balaban J connectivity index is 2.13. The fourth-order valence-corrected chi connectivity index (χ4v) is 1.58. The zero-order valence-electron chi connectivity index (χ0n) is 8.37. The highest BCUT2D eigenvalue weighted by Gasteiger charge is 2.24. The van der Waals surface area contributed by atoms with E-state index in [1.54, 1.807) is 6.08 Å². The molecule has 0 radical (unpaired) electrons. The summed E-state index contributed by atoms with van der Waals surface area (Å²) in [5.41, 5.74) is 5.79. The Morgan fingerprint density at radius 2 is 2.43 bits per heavy atom. The van der Waals surface area contributed by atoms with E-state index in [0.29, 0.717) is 6.54 Å². The van der Waals surface area contributed by atoms with E-state index in [1.165, 1.54) is 0 Å². The Morgan fingerprint density at radius 3 is 3.00 bits per heavy atom. The second-order valence-corrected chi connectivity index (χ2v) is 3.54. The summed E-state index contributed by atoms with van der Waals surface area (Å²) in [4.78, 5) is 11.1. The number of hydrogen-bond donors (Lipinski definition) is 2. The molecule has 0 aromatic rings. The summed E-state index contributed by atoms with van der Waals surface area (Å²) in [7, 11) is 0. The van der Waals surface area contributed by atoms with Gasteiger partial charge in [0.15, 0.2) is 0 Å². The van der Waals surface area contributed by atoms with E-state index >= 15 is 0 Å². The molecule has 0 aromatic carbocycles. The number of hydrogen-bond acceptors (Lipinski definition) is 3. The smallest absolute Gasteiger partial charge is 0.246 e. The monoisotopic (exact) mass is 198 g/mol. The third-order valence-corrected chi connectivity index (χ3v) is 2.38. The van der Waals surface area contributed by atoms with E-state index in [4.69, 9.17) is 10.5 Å². The van der Waals surface area contributed by atoms with Gasteiger partial charge in [-0.2, -0.15) is 0 Å². The number of amides is 1. The summed E-state index contributed by atoms with van der Waals surface area (Å²) < 4.78 is 5.40. The minimum absolute atomic E-state index is 0.0597. The van der Waals surface area contributed by atoms with Crippen molar-refractivity contribution in [1.82, 2.24) is 5.32 Å². The minimum Gasteiger partial charge on any atom is -0.367 e. The lowest BCUT2D eigenvalue weighted by molar-refractivity contribution is -0.127. The van der Waals surface area contributed by atoms with Gasteiger partial charge in [-0.25, -0.2) is 0 Å². The summed E-state index contributed by atoms with van der Waals surface area (Å²) >= 11 is 0. The molecule has 1 fully saturated rings. The lowest BCUT2D eigenvalue weighted by atomic mass is 10.2. The van der Waals surface area contributed by atoms with Gasteiger partial charge in [-0.1, -0.05) is 6.08 Å². The molecule has 0 aromatic heterocycles. The first kappa shape index (κ1) is 11.2. The standard InChI is InChI=1S/C10H18N2O2/c1-2-6-12-10(13)7-14-9-5-3-4-8(9)11/h2,8-9H,1,3-7,11H2,(H,12,13). The number of nitrogens with two attached hydrogens (primary N) is 1. The summed E-state index contributed by atoms with van der Waals surface area (Å²) in [6, 6.07) is 0.0993. The molecule has 4 nitrogen and oxygen atoms in total. The SMILES string of the molecule is C=CCNC(=O)COC1CCCC1N. The van der Waals surface area contributed by atoms with Crippen LogP contribution in [0, 0.1) is 0 Å². The van der Waals surface area contributed by atoms with Crippen LogP contribution in [0.4, 0.5) is 0 Å². The highest BCUT2D eigenvalue weighted by atomic mass is 16.5. The van der Waals surface area contributed by atoms with Crippen LogP contribution in [0.2, 0.25) is 0 Å². The van der Waals surface area contributed by atoms with Gasteiger partial charge in [-0.05, 0) is 19.3 Å². The minimum atomic E-state index is -0.107. The Morgan fingerprint density at radius 1 is 1.64 bits per heavy atom. The molecule has 0 spiro atoms. The first-order valence-electron chi connectivity index (χ1n) is 4.99. The molecular formula is C10H18N2O2. The molecule has 0 aliphatic heterocycles. The average molecular weight is 198 g/mol. The predicted octanol–water partition coefficient (Wildman–Crippen LogP) is 0.185. The summed E-state index contributed by atoms with van der Waals surface area (Å²) in [5, 5.41) is 2.65. The van der Waals surface area contributed by atoms with Crippen LogP contribution in [0.1, 0.15) is 19.3 Å². The summed E-state index contributed by atoms with van der Waals surface area (Å²) in [6.45, 7) is 4.10. The summed E-state index contributed by atoms with van der Waals surface area (Å²) in [5.74, 6) is -0.107. The van der Waals surface area contributed by atoms with Crippen molar-refractivity contribution in [3.05, 3.63) is 12.7 Å². The predicted molar refractivity (Wildman–Crippen MR) is 54.8 cm³/mol. The van der Waals surface area contributed by atoms with Gasteiger partial charge in [-0.3, -0.25) is 4.79 Å². The lowest BCUT2D eigenvalue weighted by Crippen LogP contribution is -2.35. The first-order valence-corrected chi connectivity index (χ1v) is 4.99. The molecule has 0 bridgehead atoms. The Labute approximate surface area is 84.5 Å². The Hall–Kier alpha value is -0.870. The average Bonchev–Trinajstić information content (AvgIpc) is 2.58. The van der Waals surface area contributed by atoms with Crippen molar-refractivity contribution in [1.29, 1.82) is 0 Å². The molecule has 1 aliphatic carbocycles. The van der Waals surface area contributed by atoms with Crippen molar-refractivity contribution in [2.75, 3.05) is 13.2 Å². The van der Waals surface area contributed by atoms with Gasteiger partial charge in [0.1, 0.15) is 6.61 Å². The van der Waals surface area contributed by atoms with E-state index in [-0.39, 0.29) is 24.7 Å². The maximum absolute atomic E-state index is 11.1. The van der Waals surface area contributed by atoms with Crippen LogP contribution >= 0.6 is 0 Å². The van der Waals surface area contributed by atoms with Crippen LogP contribution in [-0.2, 0) is 9.53 Å². The van der Waals surface area contributed by atoms with Crippen molar-refractivity contribution < 1.29 is 9.53 Å². The van der Waals surface area contributed by atoms with Gasteiger partial charge in [-0.15, -0.1) is 6.58 Å². The highest BCUT2D eigenvalue weighted by Crippen LogP contribution is 2.19. The van der Waals surface area contributed by atoms with E-state index in [2.05, 4.69) is 11.9 Å². The molecule has 2 atom stereocenters. The molecule has 14 heavy (non-hydrogen) atoms. The highest BCUT2D eigenvalue weighted by molar-refractivity contribution is 5.77. The molecular weight excluding hydrogens is 180 g/mol. The van der Waals surface area contributed by atoms with Gasteiger partial charge in [0, 0.05) is 12.6 Å². The van der Waals surface area contributed by atoms with E-state index in [1.807, 2.05) is 0 Å². The number of carbonyl (C=O) groups excluding carboxylic acids is 1. The van der Waals surface area contributed by atoms with Gasteiger partial charge < -0.3 is 15.8 Å². The zero-order chi connectivity index (χ0) is 10.4. The van der Waals surface area contributed by atoms with Crippen LogP contribution in [0.15, 0.2) is 12.7 Å². The van der Waals surface area contributed by atoms with Crippen molar-refractivity contribution in [2.45, 2.75) is 31.4 Å². The molecule has 1 aliphatic rings. The first-order chi connectivity index (χ1) is 6.74. The maximum atomic E-state index is 11.1. The van der Waals surface area contributed by atoms with Gasteiger partial charge in [0.25, 0.3) is 0 Å². The summed E-state index contributed by atoms with van der Waals surface area (Å²) in [6.07, 6.45) is 4.76. The number of carbonyl (C=O) groups is 1. The molecule has 80 valence electrons. The van der Waals surface area contributed by atoms with Gasteiger partial charge in [0.05, 0.1) is 6.10 Å². The quantitative estimate of drug-likeness (QED) is 0.620. The maximum Gasteiger partial charge on any atom is 0.246 e. The van der Waals surface area contributed by atoms with Crippen LogP contribution in [0.25, 0.3) is 0 Å². The number of nitrogens with one attached hydrogen (secondary N) is 1. The van der Waals surface area contributed by atoms with Crippen LogP contribution < -0.4 is 11.1 Å². The van der Waals surface area contributed by atoms with Crippen LogP contribution in [0.3, 0.4) is 0 Å². The van der Waals surface area contributed by atoms with Crippen molar-refractivity contribution in [3.63, 3.8) is 0 Å². The molecule has 2 unspecified atom stereocenters. The zero-order valence-corrected chi connectivity index (χ0v) is 8.37. The number of ether oxygens (including phenoxy) is 1. The molecule has 1 saturated carbocycles. The van der Waals surface area contributed by atoms with E-state index in [9.17, 15) is 4.79 Å². The third kappa shape index (κ3) is 3.47.